The highest BCUT2D eigenvalue weighted by molar-refractivity contribution is 7.80. The van der Waals surface area contributed by atoms with E-state index in [0.29, 0.717) is 11.5 Å². The molecule has 0 aliphatic heterocycles. The zero-order valence-corrected chi connectivity index (χ0v) is 10.6. The number of fused-ring (bicyclic) bond motifs is 1. The Hall–Kier alpha value is -1.04. The van der Waals surface area contributed by atoms with Gasteiger partial charge in [-0.15, -0.1) is 11.3 Å². The quantitative estimate of drug-likeness (QED) is 0.844. The van der Waals surface area contributed by atoms with Gasteiger partial charge in [0.05, 0.1) is 21.7 Å². The number of benzene rings is 1. The summed E-state index contributed by atoms with van der Waals surface area (Å²) in [6.07, 6.45) is 0. The zero-order chi connectivity index (χ0) is 11.5. The van der Waals surface area contributed by atoms with Crippen LogP contribution < -0.4 is 5.73 Å². The SMILES string of the molecule is CN(CC(N)=S)Cc1nc2ccccc2s1. The lowest BCUT2D eigenvalue weighted by Crippen LogP contribution is -2.28. The van der Waals surface area contributed by atoms with Crippen LogP contribution in [0.1, 0.15) is 5.01 Å². The van der Waals surface area contributed by atoms with E-state index in [2.05, 4.69) is 16.0 Å². The molecule has 0 aliphatic carbocycles. The molecular weight excluding hydrogens is 238 g/mol. The largest absolute Gasteiger partial charge is 0.392 e. The highest BCUT2D eigenvalue weighted by Crippen LogP contribution is 2.22. The van der Waals surface area contributed by atoms with E-state index in [-0.39, 0.29) is 0 Å². The summed E-state index contributed by atoms with van der Waals surface area (Å²) in [6, 6.07) is 8.15. The summed E-state index contributed by atoms with van der Waals surface area (Å²) < 4.78 is 1.22. The molecule has 0 spiro atoms. The number of likely N-dealkylation sites (N-methyl/N-ethyl adjacent to an activating group) is 1. The third-order valence-corrected chi connectivity index (χ3v) is 3.32. The van der Waals surface area contributed by atoms with Gasteiger partial charge in [-0.05, 0) is 19.2 Å². The van der Waals surface area contributed by atoms with E-state index >= 15 is 0 Å². The van der Waals surface area contributed by atoms with E-state index in [0.717, 1.165) is 17.1 Å². The highest BCUT2D eigenvalue weighted by Gasteiger charge is 2.06. The molecule has 0 unspecified atom stereocenters. The molecule has 84 valence electrons. The van der Waals surface area contributed by atoms with E-state index < -0.39 is 0 Å². The molecule has 2 rings (SSSR count). The fourth-order valence-corrected chi connectivity index (χ4v) is 2.81. The third kappa shape index (κ3) is 2.75. The molecule has 0 saturated heterocycles. The predicted molar refractivity (Wildman–Crippen MR) is 72.7 cm³/mol. The number of thiazole rings is 1. The van der Waals surface area contributed by atoms with Gasteiger partial charge in [0.2, 0.25) is 0 Å². The van der Waals surface area contributed by atoms with Crippen molar-refractivity contribution in [1.82, 2.24) is 9.88 Å². The lowest BCUT2D eigenvalue weighted by atomic mass is 10.3. The monoisotopic (exact) mass is 251 g/mol. The maximum absolute atomic E-state index is 5.49. The molecule has 3 nitrogen and oxygen atoms in total. The van der Waals surface area contributed by atoms with Crippen LogP contribution in [-0.4, -0.2) is 28.5 Å². The molecule has 0 amide bonds. The van der Waals surface area contributed by atoms with Gasteiger partial charge in [-0.25, -0.2) is 4.98 Å². The summed E-state index contributed by atoms with van der Waals surface area (Å²) in [5.74, 6) is 0. The van der Waals surface area contributed by atoms with Crippen LogP contribution in [0.3, 0.4) is 0 Å². The minimum Gasteiger partial charge on any atom is -0.392 e. The number of nitrogens with two attached hydrogens (primary N) is 1. The van der Waals surface area contributed by atoms with Crippen LogP contribution >= 0.6 is 23.6 Å². The Morgan fingerprint density at radius 1 is 1.50 bits per heavy atom. The second-order valence-electron chi connectivity index (χ2n) is 3.71. The summed E-state index contributed by atoms with van der Waals surface area (Å²) >= 11 is 6.59. The maximum atomic E-state index is 5.49. The first-order valence-corrected chi connectivity index (χ1v) is 6.19. The molecule has 0 bridgehead atoms. The molecule has 2 aromatic rings. The first-order chi connectivity index (χ1) is 7.65. The standard InChI is InChI=1S/C11H13N3S2/c1-14(6-10(12)15)7-11-13-8-4-2-3-5-9(8)16-11/h2-5H,6-7H2,1H3,(H2,12,15). The smallest absolute Gasteiger partial charge is 0.108 e. The Balaban J connectivity index is 2.12. The Morgan fingerprint density at radius 3 is 2.94 bits per heavy atom. The topological polar surface area (TPSA) is 42.1 Å². The van der Waals surface area contributed by atoms with Gasteiger partial charge in [0, 0.05) is 6.54 Å². The minimum atomic E-state index is 0.517. The second-order valence-corrected chi connectivity index (χ2v) is 5.35. The van der Waals surface area contributed by atoms with Crippen molar-refractivity contribution in [2.45, 2.75) is 6.54 Å². The van der Waals surface area contributed by atoms with Crippen molar-refractivity contribution in [3.05, 3.63) is 29.3 Å². The Morgan fingerprint density at radius 2 is 2.25 bits per heavy atom. The van der Waals surface area contributed by atoms with Crippen LogP contribution in [0.25, 0.3) is 10.2 Å². The van der Waals surface area contributed by atoms with Gasteiger partial charge in [0.1, 0.15) is 5.01 Å². The summed E-state index contributed by atoms with van der Waals surface area (Å²) in [7, 11) is 1.99. The molecule has 0 radical (unpaired) electrons. The predicted octanol–water partition coefficient (Wildman–Crippen LogP) is 2.01. The summed E-state index contributed by atoms with van der Waals surface area (Å²) in [5.41, 5.74) is 6.56. The molecule has 1 aromatic heterocycles. The van der Waals surface area contributed by atoms with Crippen LogP contribution in [0.15, 0.2) is 24.3 Å². The van der Waals surface area contributed by atoms with Crippen molar-refractivity contribution in [2.24, 2.45) is 5.73 Å². The average molecular weight is 251 g/mol. The highest BCUT2D eigenvalue weighted by atomic mass is 32.1. The van der Waals surface area contributed by atoms with Gasteiger partial charge in [-0.3, -0.25) is 4.90 Å². The zero-order valence-electron chi connectivity index (χ0n) is 9.01. The summed E-state index contributed by atoms with van der Waals surface area (Å²) in [4.78, 5) is 7.14. The molecule has 5 heteroatoms. The van der Waals surface area contributed by atoms with E-state index in [1.165, 1.54) is 4.70 Å². The van der Waals surface area contributed by atoms with Crippen LogP contribution in [0.4, 0.5) is 0 Å². The minimum absolute atomic E-state index is 0.517. The number of nitrogens with zero attached hydrogens (tertiary/aromatic N) is 2. The lowest BCUT2D eigenvalue weighted by molar-refractivity contribution is 0.374. The van der Waals surface area contributed by atoms with Crippen molar-refractivity contribution in [3.8, 4) is 0 Å². The Kier molecular flexibility index (Phi) is 3.48. The number of aromatic nitrogens is 1. The Labute approximate surface area is 104 Å². The van der Waals surface area contributed by atoms with E-state index in [1.54, 1.807) is 11.3 Å². The van der Waals surface area contributed by atoms with Crippen molar-refractivity contribution in [3.63, 3.8) is 0 Å². The van der Waals surface area contributed by atoms with Gasteiger partial charge in [0.15, 0.2) is 0 Å². The van der Waals surface area contributed by atoms with Crippen LogP contribution in [0, 0.1) is 0 Å². The van der Waals surface area contributed by atoms with Gasteiger partial charge in [0.25, 0.3) is 0 Å². The van der Waals surface area contributed by atoms with Crippen molar-refractivity contribution in [1.29, 1.82) is 0 Å². The molecule has 0 aliphatic rings. The number of hydrogen-bond acceptors (Lipinski definition) is 4. The van der Waals surface area contributed by atoms with Crippen molar-refractivity contribution < 1.29 is 0 Å². The van der Waals surface area contributed by atoms with E-state index in [4.69, 9.17) is 18.0 Å². The van der Waals surface area contributed by atoms with Crippen LogP contribution in [0.5, 0.6) is 0 Å². The number of hydrogen-bond donors (Lipinski definition) is 1. The molecular formula is C11H13N3S2. The fourth-order valence-electron chi connectivity index (χ4n) is 1.54. The van der Waals surface area contributed by atoms with Crippen LogP contribution in [-0.2, 0) is 6.54 Å². The second kappa shape index (κ2) is 4.86. The van der Waals surface area contributed by atoms with E-state index in [1.807, 2.05) is 25.2 Å². The maximum Gasteiger partial charge on any atom is 0.108 e. The van der Waals surface area contributed by atoms with Crippen molar-refractivity contribution >= 4 is 38.8 Å². The van der Waals surface area contributed by atoms with Crippen molar-refractivity contribution in [2.75, 3.05) is 13.6 Å². The number of para-hydroxylation sites is 1. The molecule has 16 heavy (non-hydrogen) atoms. The van der Waals surface area contributed by atoms with Gasteiger partial charge in [-0.1, -0.05) is 24.4 Å². The molecule has 2 N–H and O–H groups in total. The summed E-state index contributed by atoms with van der Waals surface area (Å²) in [6.45, 7) is 1.42. The average Bonchev–Trinajstić information content (AvgIpc) is 2.57. The third-order valence-electron chi connectivity index (χ3n) is 2.17. The van der Waals surface area contributed by atoms with E-state index in [9.17, 15) is 0 Å². The molecule has 0 atom stereocenters. The van der Waals surface area contributed by atoms with Gasteiger partial charge < -0.3 is 5.73 Å². The lowest BCUT2D eigenvalue weighted by Gasteiger charge is -2.12. The Bertz CT molecular complexity index is 474. The summed E-state index contributed by atoms with van der Waals surface area (Å²) in [5, 5.41) is 1.10. The van der Waals surface area contributed by atoms with Gasteiger partial charge >= 0.3 is 0 Å². The number of thiocarbonyl (C=S) groups is 1. The molecule has 0 fully saturated rings. The fraction of sp³-hybridized carbons (Fsp3) is 0.273. The first-order valence-electron chi connectivity index (χ1n) is 4.96. The molecule has 1 aromatic carbocycles. The molecule has 1 heterocycles. The first kappa shape index (κ1) is 11.4. The molecule has 0 saturated carbocycles. The van der Waals surface area contributed by atoms with Crippen LogP contribution in [0.2, 0.25) is 0 Å². The normalized spacial score (nSPS) is 11.1. The number of rotatable bonds is 4. The van der Waals surface area contributed by atoms with Gasteiger partial charge in [-0.2, -0.15) is 0 Å².